The van der Waals surface area contributed by atoms with Crippen LogP contribution in [-0.2, 0) is 26.0 Å². The minimum atomic E-state index is -3.89. The van der Waals surface area contributed by atoms with Gasteiger partial charge in [0.2, 0.25) is 0 Å². The molecular weight excluding hydrogens is 496 g/mol. The van der Waals surface area contributed by atoms with Gasteiger partial charge in [0.05, 0.1) is 10.5 Å². The molecule has 9 nitrogen and oxygen atoms in total. The minimum Gasteiger partial charge on any atom is -0.486 e. The first-order valence-electron chi connectivity index (χ1n) is 11.8. The zero-order chi connectivity index (χ0) is 26.3. The Bertz CT molecular complexity index is 1340. The van der Waals surface area contributed by atoms with Crippen molar-refractivity contribution in [3.8, 4) is 11.5 Å². The number of ether oxygens (including phenoxy) is 3. The maximum Gasteiger partial charge on any atom is 0.338 e. The summed E-state index contributed by atoms with van der Waals surface area (Å²) >= 11 is 0. The highest BCUT2D eigenvalue weighted by Crippen LogP contribution is 2.32. The maximum absolute atomic E-state index is 12.8. The van der Waals surface area contributed by atoms with Gasteiger partial charge < -0.3 is 19.5 Å². The fourth-order valence-electron chi connectivity index (χ4n) is 3.71. The minimum absolute atomic E-state index is 0.0178. The van der Waals surface area contributed by atoms with Crippen molar-refractivity contribution >= 4 is 27.6 Å². The number of nitrogens with one attached hydrogen (secondary N) is 2. The molecule has 0 saturated heterocycles. The van der Waals surface area contributed by atoms with Crippen LogP contribution in [0.15, 0.2) is 77.7 Å². The lowest BCUT2D eigenvalue weighted by Gasteiger charge is -2.19. The Labute approximate surface area is 215 Å². The number of benzene rings is 3. The van der Waals surface area contributed by atoms with Crippen LogP contribution in [0.1, 0.15) is 29.3 Å². The summed E-state index contributed by atoms with van der Waals surface area (Å²) in [6.07, 6.45) is 1.58. The number of sulfonamides is 1. The molecule has 0 aromatic heterocycles. The molecule has 4 rings (SSSR count). The lowest BCUT2D eigenvalue weighted by molar-refractivity contribution is -0.124. The van der Waals surface area contributed by atoms with E-state index in [0.29, 0.717) is 24.7 Å². The molecular formula is C27H28N2O7S. The molecule has 0 bridgehead atoms. The Hall–Kier alpha value is -4.05. The summed E-state index contributed by atoms with van der Waals surface area (Å²) in [5.41, 5.74) is 1.63. The number of fused-ring (bicyclic) bond motifs is 1. The summed E-state index contributed by atoms with van der Waals surface area (Å²) in [4.78, 5) is 24.5. The molecule has 10 heteroatoms. The number of hydrogen-bond acceptors (Lipinski definition) is 7. The second-order valence-electron chi connectivity index (χ2n) is 8.56. The molecule has 0 aliphatic carbocycles. The predicted octanol–water partition coefficient (Wildman–Crippen LogP) is 3.55. The number of anilines is 1. The largest absolute Gasteiger partial charge is 0.486 e. The van der Waals surface area contributed by atoms with Gasteiger partial charge in [-0.05, 0) is 61.7 Å². The van der Waals surface area contributed by atoms with Gasteiger partial charge in [-0.15, -0.1) is 0 Å². The monoisotopic (exact) mass is 524 g/mol. The van der Waals surface area contributed by atoms with Crippen molar-refractivity contribution < 1.29 is 32.2 Å². The maximum atomic E-state index is 12.8. The van der Waals surface area contributed by atoms with E-state index in [1.807, 2.05) is 37.3 Å². The molecule has 1 aliphatic heterocycles. The summed E-state index contributed by atoms with van der Waals surface area (Å²) in [7, 11) is -3.89. The Balaban J connectivity index is 1.25. The second-order valence-corrected chi connectivity index (χ2v) is 10.2. The van der Waals surface area contributed by atoms with Crippen LogP contribution in [0, 0.1) is 0 Å². The SMILES string of the molecule is C[C@H](CCc1ccccc1)NC(=O)COC(=O)c1ccc(NS(=O)(=O)c2ccc3c(c2)OCCO3)cc1. The highest BCUT2D eigenvalue weighted by Gasteiger charge is 2.20. The van der Waals surface area contributed by atoms with Crippen molar-refractivity contribution in [3.05, 3.63) is 83.9 Å². The average molecular weight is 525 g/mol. The first-order valence-corrected chi connectivity index (χ1v) is 13.3. The molecule has 0 spiro atoms. The lowest BCUT2D eigenvalue weighted by atomic mass is 10.1. The topological polar surface area (TPSA) is 120 Å². The van der Waals surface area contributed by atoms with E-state index in [1.54, 1.807) is 6.07 Å². The zero-order valence-corrected chi connectivity index (χ0v) is 21.1. The predicted molar refractivity (Wildman–Crippen MR) is 137 cm³/mol. The fourth-order valence-corrected chi connectivity index (χ4v) is 4.78. The molecule has 0 fully saturated rings. The number of esters is 1. The van der Waals surface area contributed by atoms with Crippen molar-refractivity contribution in [3.63, 3.8) is 0 Å². The highest BCUT2D eigenvalue weighted by atomic mass is 32.2. The first kappa shape index (κ1) is 26.0. The number of carbonyl (C=O) groups excluding carboxylic acids is 2. The van der Waals surface area contributed by atoms with Gasteiger partial charge in [-0.3, -0.25) is 9.52 Å². The molecule has 3 aromatic carbocycles. The van der Waals surface area contributed by atoms with E-state index in [2.05, 4.69) is 10.0 Å². The number of hydrogen-bond donors (Lipinski definition) is 2. The molecule has 37 heavy (non-hydrogen) atoms. The Morgan fingerprint density at radius 3 is 2.38 bits per heavy atom. The van der Waals surface area contributed by atoms with Crippen molar-refractivity contribution in [2.75, 3.05) is 24.5 Å². The third kappa shape index (κ3) is 7.23. The van der Waals surface area contributed by atoms with E-state index in [-0.39, 0.29) is 22.2 Å². The van der Waals surface area contributed by atoms with Gasteiger partial charge in [0, 0.05) is 17.8 Å². The number of rotatable bonds is 10. The van der Waals surface area contributed by atoms with Crippen molar-refractivity contribution in [1.82, 2.24) is 5.32 Å². The molecule has 3 aromatic rings. The van der Waals surface area contributed by atoms with Crippen molar-refractivity contribution in [1.29, 1.82) is 0 Å². The third-order valence-corrected chi connectivity index (χ3v) is 7.03. The fraction of sp³-hybridized carbons (Fsp3) is 0.259. The van der Waals surface area contributed by atoms with E-state index in [9.17, 15) is 18.0 Å². The second kappa shape index (κ2) is 11.8. The Morgan fingerprint density at radius 2 is 1.65 bits per heavy atom. The molecule has 0 radical (unpaired) electrons. The average Bonchev–Trinajstić information content (AvgIpc) is 2.91. The van der Waals surface area contributed by atoms with Crippen LogP contribution in [0.25, 0.3) is 0 Å². The van der Waals surface area contributed by atoms with E-state index in [1.165, 1.54) is 42.0 Å². The normalized spacial score (nSPS) is 13.3. The molecule has 1 aliphatic rings. The highest BCUT2D eigenvalue weighted by molar-refractivity contribution is 7.92. The molecule has 0 unspecified atom stereocenters. The van der Waals surface area contributed by atoms with Gasteiger partial charge in [0.25, 0.3) is 15.9 Å². The van der Waals surface area contributed by atoms with E-state index in [4.69, 9.17) is 14.2 Å². The number of amides is 1. The third-order valence-electron chi connectivity index (χ3n) is 5.65. The van der Waals surface area contributed by atoms with Crippen LogP contribution < -0.4 is 19.5 Å². The summed E-state index contributed by atoms with van der Waals surface area (Å²) in [6.45, 7) is 2.24. The van der Waals surface area contributed by atoms with E-state index < -0.39 is 28.5 Å². The van der Waals surface area contributed by atoms with Crippen LogP contribution >= 0.6 is 0 Å². The molecule has 1 atom stereocenters. The molecule has 1 amide bonds. The van der Waals surface area contributed by atoms with Gasteiger partial charge in [-0.1, -0.05) is 30.3 Å². The summed E-state index contributed by atoms with van der Waals surface area (Å²) < 4.78 is 43.9. The Morgan fingerprint density at radius 1 is 0.946 bits per heavy atom. The van der Waals surface area contributed by atoms with Gasteiger partial charge >= 0.3 is 5.97 Å². The first-order chi connectivity index (χ1) is 17.8. The zero-order valence-electron chi connectivity index (χ0n) is 20.3. The summed E-state index contributed by atoms with van der Waals surface area (Å²) in [6, 6.07) is 20.0. The summed E-state index contributed by atoms with van der Waals surface area (Å²) in [5, 5.41) is 2.82. The van der Waals surface area contributed by atoms with Crippen LogP contribution in [0.2, 0.25) is 0 Å². The quantitative estimate of drug-likeness (QED) is 0.389. The van der Waals surface area contributed by atoms with Crippen LogP contribution in [-0.4, -0.2) is 46.2 Å². The Kier molecular flexibility index (Phi) is 8.29. The van der Waals surface area contributed by atoms with Crippen LogP contribution in [0.5, 0.6) is 11.5 Å². The number of carbonyl (C=O) groups is 2. The van der Waals surface area contributed by atoms with Gasteiger partial charge in [-0.2, -0.15) is 0 Å². The van der Waals surface area contributed by atoms with Crippen molar-refractivity contribution in [2.24, 2.45) is 0 Å². The molecule has 1 heterocycles. The van der Waals surface area contributed by atoms with Crippen molar-refractivity contribution in [2.45, 2.75) is 30.7 Å². The van der Waals surface area contributed by atoms with Gasteiger partial charge in [-0.25, -0.2) is 13.2 Å². The van der Waals surface area contributed by atoms with E-state index >= 15 is 0 Å². The molecule has 0 saturated carbocycles. The number of aryl methyl sites for hydroxylation is 1. The van der Waals surface area contributed by atoms with Crippen LogP contribution in [0.3, 0.4) is 0 Å². The van der Waals surface area contributed by atoms with E-state index in [0.717, 1.165) is 12.8 Å². The summed E-state index contributed by atoms with van der Waals surface area (Å²) in [5.74, 6) is -0.226. The molecule has 2 N–H and O–H groups in total. The standard InChI is InChI=1S/C27H28N2O7S/c1-19(7-8-20-5-3-2-4-6-20)28-26(30)18-36-27(31)21-9-11-22(12-10-21)29-37(32,33)23-13-14-24-25(17-23)35-16-15-34-24/h2-6,9-14,17,19,29H,7-8,15-16,18H2,1H3,(H,28,30)/t19-/m1/s1. The van der Waals surface area contributed by atoms with Gasteiger partial charge in [0.1, 0.15) is 13.2 Å². The molecule has 194 valence electrons. The van der Waals surface area contributed by atoms with Gasteiger partial charge in [0.15, 0.2) is 18.1 Å². The lowest BCUT2D eigenvalue weighted by Crippen LogP contribution is -2.36. The van der Waals surface area contributed by atoms with Crippen LogP contribution in [0.4, 0.5) is 5.69 Å². The smallest absolute Gasteiger partial charge is 0.338 e.